The normalized spacial score (nSPS) is 10.8. The van der Waals surface area contributed by atoms with Crippen molar-refractivity contribution in [2.45, 2.75) is 34.2 Å². The van der Waals surface area contributed by atoms with Crippen LogP contribution in [0, 0.1) is 20.8 Å². The Kier molecular flexibility index (Phi) is 4.39. The molecule has 0 fully saturated rings. The molecule has 0 aliphatic carbocycles. The zero-order chi connectivity index (χ0) is 14.7. The molecule has 2 rings (SSSR count). The SMILES string of the molecule is CCNCc1cnc(C)cc1Oc1c(C)nn(C)c1C. The van der Waals surface area contributed by atoms with Gasteiger partial charge in [-0.15, -0.1) is 0 Å². The monoisotopic (exact) mass is 274 g/mol. The van der Waals surface area contributed by atoms with E-state index >= 15 is 0 Å². The highest BCUT2D eigenvalue weighted by atomic mass is 16.5. The Morgan fingerprint density at radius 3 is 2.65 bits per heavy atom. The third kappa shape index (κ3) is 2.99. The molecule has 0 aliphatic heterocycles. The van der Waals surface area contributed by atoms with Crippen LogP contribution in [0.1, 0.15) is 29.6 Å². The minimum atomic E-state index is 0.747. The van der Waals surface area contributed by atoms with Crippen molar-refractivity contribution in [3.63, 3.8) is 0 Å². The van der Waals surface area contributed by atoms with Crippen molar-refractivity contribution in [1.82, 2.24) is 20.1 Å². The van der Waals surface area contributed by atoms with Crippen molar-refractivity contribution in [3.05, 3.63) is 34.9 Å². The van der Waals surface area contributed by atoms with E-state index in [0.29, 0.717) is 0 Å². The molecule has 0 radical (unpaired) electrons. The fourth-order valence-electron chi connectivity index (χ4n) is 2.06. The van der Waals surface area contributed by atoms with E-state index in [9.17, 15) is 0 Å². The van der Waals surface area contributed by atoms with Gasteiger partial charge in [0.15, 0.2) is 5.75 Å². The summed E-state index contributed by atoms with van der Waals surface area (Å²) in [4.78, 5) is 4.34. The van der Waals surface area contributed by atoms with Gasteiger partial charge in [-0.2, -0.15) is 5.10 Å². The van der Waals surface area contributed by atoms with Gasteiger partial charge in [-0.05, 0) is 27.3 Å². The van der Waals surface area contributed by atoms with Crippen molar-refractivity contribution in [1.29, 1.82) is 0 Å². The van der Waals surface area contributed by atoms with E-state index < -0.39 is 0 Å². The second kappa shape index (κ2) is 6.05. The van der Waals surface area contributed by atoms with E-state index in [1.54, 1.807) is 0 Å². The maximum atomic E-state index is 6.11. The zero-order valence-electron chi connectivity index (χ0n) is 12.8. The Bertz CT molecular complexity index is 604. The molecule has 0 aromatic carbocycles. The number of rotatable bonds is 5. The minimum Gasteiger partial charge on any atom is -0.453 e. The van der Waals surface area contributed by atoms with E-state index in [0.717, 1.165) is 47.2 Å². The van der Waals surface area contributed by atoms with Gasteiger partial charge in [0.05, 0.1) is 5.69 Å². The van der Waals surface area contributed by atoms with E-state index in [-0.39, 0.29) is 0 Å². The Labute approximate surface area is 120 Å². The van der Waals surface area contributed by atoms with Crippen LogP contribution >= 0.6 is 0 Å². The van der Waals surface area contributed by atoms with Crippen LogP contribution in [0.15, 0.2) is 12.3 Å². The topological polar surface area (TPSA) is 52.0 Å². The van der Waals surface area contributed by atoms with Crippen molar-refractivity contribution in [2.75, 3.05) is 6.54 Å². The minimum absolute atomic E-state index is 0.747. The lowest BCUT2D eigenvalue weighted by Gasteiger charge is -2.12. The third-order valence-corrected chi connectivity index (χ3v) is 3.30. The first-order valence-electron chi connectivity index (χ1n) is 6.87. The molecule has 0 spiro atoms. The van der Waals surface area contributed by atoms with Gasteiger partial charge < -0.3 is 10.1 Å². The van der Waals surface area contributed by atoms with E-state index in [4.69, 9.17) is 4.74 Å². The molecular weight excluding hydrogens is 252 g/mol. The molecule has 0 amide bonds. The summed E-state index contributed by atoms with van der Waals surface area (Å²) in [7, 11) is 1.92. The summed E-state index contributed by atoms with van der Waals surface area (Å²) in [6.07, 6.45) is 1.87. The summed E-state index contributed by atoms with van der Waals surface area (Å²) in [6.45, 7) is 9.67. The first kappa shape index (κ1) is 14.5. The smallest absolute Gasteiger partial charge is 0.171 e. The van der Waals surface area contributed by atoms with Crippen LogP contribution in [0.4, 0.5) is 0 Å². The van der Waals surface area contributed by atoms with Crippen LogP contribution < -0.4 is 10.1 Å². The summed E-state index contributed by atoms with van der Waals surface area (Å²) in [5.41, 5.74) is 3.92. The average Bonchev–Trinajstić information content (AvgIpc) is 2.64. The second-order valence-corrected chi connectivity index (χ2v) is 4.94. The summed E-state index contributed by atoms with van der Waals surface area (Å²) < 4.78 is 7.94. The molecule has 0 saturated heterocycles. The van der Waals surface area contributed by atoms with Gasteiger partial charge in [-0.25, -0.2) is 0 Å². The molecule has 1 N–H and O–H groups in total. The predicted molar refractivity (Wildman–Crippen MR) is 79.1 cm³/mol. The zero-order valence-corrected chi connectivity index (χ0v) is 12.8. The highest BCUT2D eigenvalue weighted by Gasteiger charge is 2.14. The molecular formula is C15H22N4O. The maximum absolute atomic E-state index is 6.11. The van der Waals surface area contributed by atoms with E-state index in [2.05, 4.69) is 22.3 Å². The highest BCUT2D eigenvalue weighted by Crippen LogP contribution is 2.30. The summed E-state index contributed by atoms with van der Waals surface area (Å²) in [5.74, 6) is 1.67. The van der Waals surface area contributed by atoms with E-state index in [1.165, 1.54) is 0 Å². The summed E-state index contributed by atoms with van der Waals surface area (Å²) >= 11 is 0. The number of ether oxygens (including phenoxy) is 1. The van der Waals surface area contributed by atoms with E-state index in [1.807, 2.05) is 44.8 Å². The van der Waals surface area contributed by atoms with Crippen LogP contribution in [0.2, 0.25) is 0 Å². The second-order valence-electron chi connectivity index (χ2n) is 4.94. The lowest BCUT2D eigenvalue weighted by molar-refractivity contribution is 0.463. The van der Waals surface area contributed by atoms with Crippen LogP contribution in [0.5, 0.6) is 11.5 Å². The fourth-order valence-corrected chi connectivity index (χ4v) is 2.06. The van der Waals surface area contributed by atoms with Gasteiger partial charge in [0.1, 0.15) is 11.4 Å². The largest absolute Gasteiger partial charge is 0.453 e. The van der Waals surface area contributed by atoms with Gasteiger partial charge >= 0.3 is 0 Å². The standard InChI is InChI=1S/C15H22N4O/c1-6-16-8-13-9-17-10(2)7-14(13)20-15-11(3)18-19(5)12(15)4/h7,9,16H,6,8H2,1-5H3. The molecule has 0 unspecified atom stereocenters. The quantitative estimate of drug-likeness (QED) is 0.910. The van der Waals surface area contributed by atoms with Gasteiger partial charge in [-0.3, -0.25) is 9.67 Å². The van der Waals surface area contributed by atoms with Gasteiger partial charge in [-0.1, -0.05) is 6.92 Å². The van der Waals surface area contributed by atoms with Crippen LogP contribution in [-0.2, 0) is 13.6 Å². The Balaban J connectivity index is 2.34. The Morgan fingerprint density at radius 1 is 1.30 bits per heavy atom. The first-order chi connectivity index (χ1) is 9.52. The van der Waals surface area contributed by atoms with Crippen LogP contribution in [-0.4, -0.2) is 21.3 Å². The van der Waals surface area contributed by atoms with Crippen molar-refractivity contribution < 1.29 is 4.74 Å². The number of pyridine rings is 1. The third-order valence-electron chi connectivity index (χ3n) is 3.30. The molecule has 5 heteroatoms. The van der Waals surface area contributed by atoms with Crippen LogP contribution in [0.25, 0.3) is 0 Å². The summed E-state index contributed by atoms with van der Waals surface area (Å²) in [5, 5.41) is 7.69. The van der Waals surface area contributed by atoms with Gasteiger partial charge in [0.25, 0.3) is 0 Å². The number of aromatic nitrogens is 3. The summed E-state index contributed by atoms with van der Waals surface area (Å²) in [6, 6.07) is 1.97. The number of nitrogens with zero attached hydrogens (tertiary/aromatic N) is 3. The Morgan fingerprint density at radius 2 is 2.05 bits per heavy atom. The van der Waals surface area contributed by atoms with Gasteiger partial charge in [0, 0.05) is 37.1 Å². The number of nitrogens with one attached hydrogen (secondary N) is 1. The Hall–Kier alpha value is -1.88. The average molecular weight is 274 g/mol. The van der Waals surface area contributed by atoms with Crippen molar-refractivity contribution in [2.24, 2.45) is 7.05 Å². The molecule has 0 bridgehead atoms. The predicted octanol–water partition coefficient (Wildman–Crippen LogP) is 2.64. The van der Waals surface area contributed by atoms with Crippen molar-refractivity contribution in [3.8, 4) is 11.5 Å². The lowest BCUT2D eigenvalue weighted by atomic mass is 10.2. The molecule has 2 heterocycles. The number of hydrogen-bond donors (Lipinski definition) is 1. The molecule has 2 aromatic rings. The van der Waals surface area contributed by atoms with Gasteiger partial charge in [0.2, 0.25) is 0 Å². The molecule has 0 atom stereocenters. The molecule has 0 aliphatic rings. The number of aryl methyl sites for hydroxylation is 3. The molecule has 5 nitrogen and oxygen atoms in total. The molecule has 108 valence electrons. The highest BCUT2D eigenvalue weighted by molar-refractivity contribution is 5.41. The molecule has 20 heavy (non-hydrogen) atoms. The lowest BCUT2D eigenvalue weighted by Crippen LogP contribution is -2.13. The fraction of sp³-hybridized carbons (Fsp3) is 0.467. The molecule has 2 aromatic heterocycles. The van der Waals surface area contributed by atoms with Crippen molar-refractivity contribution >= 4 is 0 Å². The maximum Gasteiger partial charge on any atom is 0.171 e. The van der Waals surface area contributed by atoms with Crippen LogP contribution in [0.3, 0.4) is 0 Å². The number of hydrogen-bond acceptors (Lipinski definition) is 4. The first-order valence-corrected chi connectivity index (χ1v) is 6.87. The molecule has 0 saturated carbocycles.